The smallest absolute Gasteiger partial charge is 0.463 e. The number of aliphatic hydroxyl groups is 2. The van der Waals surface area contributed by atoms with E-state index in [1.54, 1.807) is 0 Å². The van der Waals surface area contributed by atoms with Crippen LogP contribution in [0.1, 0.15) is 367 Å². The monoisotopic (exact) mass is 1700 g/mol. The molecule has 0 aliphatic carbocycles. The molecule has 5 atom stereocenters. The second-order valence-electron chi connectivity index (χ2n) is 30.7. The minimum Gasteiger partial charge on any atom is -0.463 e. The van der Waals surface area contributed by atoms with E-state index < -0.39 is 91.5 Å². The van der Waals surface area contributed by atoms with Crippen molar-refractivity contribution in [3.63, 3.8) is 0 Å². The van der Waals surface area contributed by atoms with Gasteiger partial charge >= 0.3 is 33.6 Å². The summed E-state index contributed by atoms with van der Waals surface area (Å²) in [5.74, 6) is -1.63. The van der Waals surface area contributed by atoms with E-state index in [2.05, 4.69) is 215 Å². The van der Waals surface area contributed by atoms with Crippen molar-refractivity contribution < 1.29 is 75.8 Å². The average molecular weight is 1700 g/mol. The van der Waals surface area contributed by atoms with E-state index >= 15 is 0 Å². The van der Waals surface area contributed by atoms with Gasteiger partial charge in [0, 0.05) is 19.3 Å². The highest BCUT2D eigenvalue weighted by Gasteiger charge is 2.29. The number of hydrogen-bond donors (Lipinski definition) is 4. The molecule has 119 heavy (non-hydrogen) atoms. The average Bonchev–Trinajstić information content (AvgIpc) is 0.909. The fourth-order valence-corrected chi connectivity index (χ4v) is 13.9. The summed E-state index contributed by atoms with van der Waals surface area (Å²) in [6, 6.07) is 0. The molecule has 0 heterocycles. The molecule has 0 saturated heterocycles. The number of hydrogen-bond acceptors (Lipinski definition) is 14. The molecule has 5 unspecified atom stereocenters. The Morgan fingerprint density at radius 2 is 0.420 bits per heavy atom. The molecule has 0 aromatic heterocycles. The van der Waals surface area contributed by atoms with E-state index in [0.29, 0.717) is 25.7 Å². The molecular formula is C101H168O16P2. The van der Waals surface area contributed by atoms with Gasteiger partial charge in [-0.25, -0.2) is 9.13 Å². The predicted molar refractivity (Wildman–Crippen MR) is 500 cm³/mol. The van der Waals surface area contributed by atoms with Crippen LogP contribution < -0.4 is 0 Å². The second-order valence-corrected chi connectivity index (χ2v) is 33.6. The van der Waals surface area contributed by atoms with Crippen LogP contribution in [0.25, 0.3) is 0 Å². The van der Waals surface area contributed by atoms with Crippen LogP contribution >= 0.6 is 15.6 Å². The lowest BCUT2D eigenvalue weighted by molar-refractivity contribution is -0.161. The Hall–Kier alpha value is -5.61. The molecule has 0 aliphatic rings. The summed E-state index contributed by atoms with van der Waals surface area (Å²) in [5.41, 5.74) is 0. The largest absolute Gasteiger partial charge is 0.472 e. The first-order chi connectivity index (χ1) is 58.2. The summed E-state index contributed by atoms with van der Waals surface area (Å²) < 4.78 is 61.4. The third kappa shape index (κ3) is 92.9. The van der Waals surface area contributed by atoms with Crippen molar-refractivity contribution in [3.05, 3.63) is 194 Å². The van der Waals surface area contributed by atoms with E-state index in [-0.39, 0.29) is 19.3 Å². The summed E-state index contributed by atoms with van der Waals surface area (Å²) in [7, 11) is -9.83. The second kappa shape index (κ2) is 91.6. The number of ether oxygens (including phenoxy) is 3. The number of rotatable bonds is 87. The summed E-state index contributed by atoms with van der Waals surface area (Å²) in [4.78, 5) is 59.0. The Bertz CT molecular complexity index is 2940. The molecular weight excluding hydrogens is 1530 g/mol. The molecule has 0 fully saturated rings. The normalized spacial score (nSPS) is 14.6. The van der Waals surface area contributed by atoms with E-state index in [1.165, 1.54) is 141 Å². The number of phosphoric ester groups is 2. The van der Waals surface area contributed by atoms with Gasteiger partial charge in [0.1, 0.15) is 25.4 Å². The topological polar surface area (TPSA) is 231 Å². The highest BCUT2D eigenvalue weighted by atomic mass is 31.2. The molecule has 0 saturated carbocycles. The molecule has 0 aliphatic heterocycles. The maximum absolute atomic E-state index is 13.0. The van der Waals surface area contributed by atoms with Crippen LogP contribution in [0.3, 0.4) is 0 Å². The molecule has 4 N–H and O–H groups in total. The number of esters is 3. The van der Waals surface area contributed by atoms with E-state index in [4.69, 9.17) is 32.3 Å². The summed E-state index contributed by atoms with van der Waals surface area (Å²) >= 11 is 0. The van der Waals surface area contributed by atoms with Crippen LogP contribution in [0, 0.1) is 0 Å². The maximum atomic E-state index is 13.0. The number of unbranched alkanes of at least 4 members (excludes halogenated alkanes) is 32. The van der Waals surface area contributed by atoms with Gasteiger partial charge in [-0.1, -0.05) is 382 Å². The molecule has 0 amide bonds. The molecule has 0 rings (SSSR count). The molecule has 0 aromatic carbocycles. The zero-order chi connectivity index (χ0) is 86.5. The zero-order valence-corrected chi connectivity index (χ0v) is 76.5. The van der Waals surface area contributed by atoms with Gasteiger partial charge in [-0.3, -0.25) is 32.5 Å². The van der Waals surface area contributed by atoms with Gasteiger partial charge in [0.25, 0.3) is 0 Å². The van der Waals surface area contributed by atoms with Crippen LogP contribution in [0.15, 0.2) is 194 Å². The fraction of sp³-hybridized carbons (Fsp3) is 0.653. The van der Waals surface area contributed by atoms with Crippen LogP contribution in [0.4, 0.5) is 0 Å². The summed E-state index contributed by atoms with van der Waals surface area (Å²) in [6.45, 7) is 2.32. The maximum Gasteiger partial charge on any atom is 0.472 e. The molecule has 0 spiro atoms. The third-order valence-electron chi connectivity index (χ3n) is 19.3. The van der Waals surface area contributed by atoms with Crippen molar-refractivity contribution in [1.82, 2.24) is 0 Å². The Labute approximate surface area is 725 Å². The minimum atomic E-state index is -4.96. The van der Waals surface area contributed by atoms with Gasteiger partial charge in [-0.05, 0) is 161 Å². The first kappa shape index (κ1) is 113. The van der Waals surface area contributed by atoms with Crippen LogP contribution in [-0.4, -0.2) is 95.9 Å². The highest BCUT2D eigenvalue weighted by molar-refractivity contribution is 7.47. The molecule has 678 valence electrons. The van der Waals surface area contributed by atoms with Crippen molar-refractivity contribution in [1.29, 1.82) is 0 Å². The number of allylic oxidation sites excluding steroid dienone is 32. The van der Waals surface area contributed by atoms with Gasteiger partial charge in [-0.2, -0.15) is 0 Å². The standard InChI is InChI=1S/C101H168O16P2/c1-4-7-10-13-16-19-22-25-28-31-34-37-39-41-43-44-45-46-47-48-49-50-52-54-55-58-60-63-66-69-72-75-78-81-84-87-99(104)111-90-96(102)91-113-118(107,108)114-92-97(103)93-115-119(109,110)116-95-98(117-101(106)89-86-83-80-77-74-71-68-65-62-57-36-33-30-27-24-21-18-15-12-9-6-3)94-112-100(105)88-85-82-79-76-73-70-67-64-61-59-56-53-51-42-40-38-35-32-29-26-23-20-17-14-11-8-5-2/h7-12,16-21,25-30,34-38,41-43,51,57,65,68,74,77,96-98,102-103H,4-6,13-15,22-24,31-33,39-40,44-50,52-56,58-64,66-67,69-73,75-76,78-95H2,1-3H3,(H,107,108)(H,109,110)/b10-7-,11-8-,12-9-,19-16-,20-17-,21-18-,28-25-,29-26-,30-27-,37-34-,38-35-,43-41-,51-42-,57-36-,68-65-,77-74-. The van der Waals surface area contributed by atoms with Gasteiger partial charge in [0.15, 0.2) is 6.10 Å². The lowest BCUT2D eigenvalue weighted by atomic mass is 10.0. The van der Waals surface area contributed by atoms with Gasteiger partial charge in [0.2, 0.25) is 0 Å². The molecule has 16 nitrogen and oxygen atoms in total. The van der Waals surface area contributed by atoms with Crippen LogP contribution in [0.2, 0.25) is 0 Å². The lowest BCUT2D eigenvalue weighted by Crippen LogP contribution is -2.30. The van der Waals surface area contributed by atoms with Crippen molar-refractivity contribution in [2.75, 3.05) is 39.6 Å². The summed E-state index contributed by atoms with van der Waals surface area (Å²) in [6.07, 6.45) is 122. The first-order valence-electron chi connectivity index (χ1n) is 46.7. The molecule has 18 heteroatoms. The van der Waals surface area contributed by atoms with Crippen molar-refractivity contribution >= 4 is 33.6 Å². The van der Waals surface area contributed by atoms with Crippen molar-refractivity contribution in [3.8, 4) is 0 Å². The number of carbonyl (C=O) groups excluding carboxylic acids is 3. The number of carbonyl (C=O) groups is 3. The Morgan fingerprint density at radius 3 is 0.681 bits per heavy atom. The quantitative estimate of drug-likeness (QED) is 0.0146. The molecule has 0 bridgehead atoms. The molecule has 0 aromatic rings. The van der Waals surface area contributed by atoms with Gasteiger partial charge in [0.05, 0.1) is 26.4 Å². The van der Waals surface area contributed by atoms with E-state index in [9.17, 15) is 43.5 Å². The first-order valence-corrected chi connectivity index (χ1v) is 49.7. The third-order valence-corrected chi connectivity index (χ3v) is 21.2. The zero-order valence-electron chi connectivity index (χ0n) is 74.7. The Morgan fingerprint density at radius 1 is 0.235 bits per heavy atom. The number of aliphatic hydroxyl groups excluding tert-OH is 2. The van der Waals surface area contributed by atoms with Crippen molar-refractivity contribution in [2.45, 2.75) is 386 Å². The predicted octanol–water partition coefficient (Wildman–Crippen LogP) is 29.0. The fourth-order valence-electron chi connectivity index (χ4n) is 12.3. The lowest BCUT2D eigenvalue weighted by Gasteiger charge is -2.21. The SMILES string of the molecule is CC/C=C\C/C=C\C/C=C\C/C=C\C/C=C\C/C=C\CCCCC(=O)OC(COC(=O)CCCCCCCCCCCCC/C=C\C/C=C\C/C=C\C/C=C\C/C=C\CC)COP(=O)(O)OCC(O)COP(=O)(O)OCC(O)COC(=O)CCCCCCCCCCCCCCCCCCCCC/C=C\C/C=C\C/C=C\C/C=C\C/C=C\CC. The van der Waals surface area contributed by atoms with Crippen molar-refractivity contribution in [2.24, 2.45) is 0 Å². The summed E-state index contributed by atoms with van der Waals surface area (Å²) in [5, 5.41) is 20.7. The van der Waals surface area contributed by atoms with Gasteiger partial charge in [-0.15, -0.1) is 0 Å². The molecule has 0 radical (unpaired) electrons. The van der Waals surface area contributed by atoms with E-state index in [0.717, 1.165) is 161 Å². The van der Waals surface area contributed by atoms with Gasteiger partial charge < -0.3 is 34.2 Å². The minimum absolute atomic E-state index is 0.0430. The van der Waals surface area contributed by atoms with Crippen LogP contribution in [-0.2, 0) is 55.8 Å². The van der Waals surface area contributed by atoms with Crippen LogP contribution in [0.5, 0.6) is 0 Å². The Balaban J connectivity index is 4.56. The number of phosphoric acid groups is 2. The van der Waals surface area contributed by atoms with E-state index in [1.807, 2.05) is 0 Å². The Kier molecular flexibility index (Phi) is 87.3. The highest BCUT2D eigenvalue weighted by Crippen LogP contribution is 2.45.